The summed E-state index contributed by atoms with van der Waals surface area (Å²) in [5.74, 6) is -0.923. The lowest BCUT2D eigenvalue weighted by Crippen LogP contribution is -2.45. The van der Waals surface area contributed by atoms with E-state index in [9.17, 15) is 14.4 Å². The molecule has 2 heterocycles. The molecule has 0 aliphatic carbocycles. The molecule has 4 rings (SSSR count). The monoisotopic (exact) mass is 603 g/mol. The number of thiazole rings is 1. The Morgan fingerprint density at radius 1 is 1.02 bits per heavy atom. The molecule has 0 saturated carbocycles. The average molecular weight is 604 g/mol. The first-order chi connectivity index (χ1) is 20.7. The Labute approximate surface area is 259 Å². The highest BCUT2D eigenvalue weighted by Crippen LogP contribution is 2.26. The Morgan fingerprint density at radius 3 is 2.47 bits per heavy atom. The van der Waals surface area contributed by atoms with Gasteiger partial charge in [0.2, 0.25) is 11.8 Å². The van der Waals surface area contributed by atoms with E-state index in [0.717, 1.165) is 53.4 Å². The van der Waals surface area contributed by atoms with E-state index in [-0.39, 0.29) is 30.1 Å². The molecule has 1 aromatic heterocycles. The van der Waals surface area contributed by atoms with E-state index in [1.54, 1.807) is 18.4 Å². The maximum atomic E-state index is 13.8. The number of Topliss-reactive ketones (excluding diaryl/α,β-unsaturated/α-hetero) is 1. The maximum absolute atomic E-state index is 13.8. The quantitative estimate of drug-likeness (QED) is 0.255. The van der Waals surface area contributed by atoms with Crippen LogP contribution in [0.3, 0.4) is 0 Å². The molecule has 0 bridgehead atoms. The first-order valence-electron chi connectivity index (χ1n) is 15.3. The molecule has 1 saturated heterocycles. The number of fused-ring (bicyclic) bond motifs is 1. The molecule has 1 aliphatic rings. The van der Waals surface area contributed by atoms with Gasteiger partial charge in [0.15, 0.2) is 5.78 Å². The number of carbonyl (C=O) groups excluding carboxylic acids is 3. The van der Waals surface area contributed by atoms with Crippen LogP contribution < -0.4 is 10.6 Å². The molecule has 0 unspecified atom stereocenters. The zero-order valence-corrected chi connectivity index (χ0v) is 26.5. The summed E-state index contributed by atoms with van der Waals surface area (Å²) in [6.45, 7) is 10.6. The minimum atomic E-state index is -0.577. The largest absolute Gasteiger partial charge is 0.359 e. The van der Waals surface area contributed by atoms with Crippen LogP contribution in [0, 0.1) is 5.92 Å². The minimum Gasteiger partial charge on any atom is -0.359 e. The molecule has 1 aliphatic heterocycles. The van der Waals surface area contributed by atoms with Crippen LogP contribution in [0.2, 0.25) is 0 Å². The summed E-state index contributed by atoms with van der Waals surface area (Å²) in [5, 5.41) is 6.71. The number of nitrogens with one attached hydrogen (secondary N) is 2. The standard InChI is InChI=1S/C34H45N5O3S/c1-5-25-11-13-29-31(20-25)43-33(37-29)22-27(21-32(41)35-3)34(42)36-28(19-26-9-7-6-8-10-26)12-14-30(40)24(2)23-39-17-15-38(4)16-18-39/h6-11,13,20,27-28H,2,5,12,14-19,21-23H2,1,3-4H3,(H,35,41)(H,36,42)/t27-,28+/m0/s1. The van der Waals surface area contributed by atoms with Gasteiger partial charge in [-0.15, -0.1) is 11.3 Å². The molecular weight excluding hydrogens is 558 g/mol. The van der Waals surface area contributed by atoms with Crippen molar-refractivity contribution >= 4 is 39.2 Å². The van der Waals surface area contributed by atoms with E-state index in [1.165, 1.54) is 5.56 Å². The molecule has 3 aromatic rings. The van der Waals surface area contributed by atoms with Crippen molar-refractivity contribution in [1.29, 1.82) is 0 Å². The Morgan fingerprint density at radius 2 is 1.77 bits per heavy atom. The van der Waals surface area contributed by atoms with Crippen molar-refractivity contribution in [3.63, 3.8) is 0 Å². The summed E-state index contributed by atoms with van der Waals surface area (Å²) in [6.07, 6.45) is 2.78. The highest BCUT2D eigenvalue weighted by atomic mass is 32.1. The van der Waals surface area contributed by atoms with Crippen molar-refractivity contribution in [2.45, 2.75) is 51.5 Å². The van der Waals surface area contributed by atoms with Crippen molar-refractivity contribution in [2.75, 3.05) is 46.8 Å². The van der Waals surface area contributed by atoms with Crippen LogP contribution >= 0.6 is 11.3 Å². The molecular formula is C34H45N5O3S. The van der Waals surface area contributed by atoms with Gasteiger partial charge < -0.3 is 15.5 Å². The fraction of sp³-hybridized carbons (Fsp3) is 0.471. The van der Waals surface area contributed by atoms with E-state index >= 15 is 0 Å². The predicted molar refractivity (Wildman–Crippen MR) is 174 cm³/mol. The number of hydrogen-bond acceptors (Lipinski definition) is 7. The zero-order valence-electron chi connectivity index (χ0n) is 25.7. The molecule has 0 radical (unpaired) electrons. The molecule has 2 aromatic carbocycles. The van der Waals surface area contributed by atoms with E-state index in [0.29, 0.717) is 37.8 Å². The van der Waals surface area contributed by atoms with Crippen molar-refractivity contribution in [3.05, 3.63) is 76.8 Å². The van der Waals surface area contributed by atoms with Gasteiger partial charge in [-0.2, -0.15) is 0 Å². The van der Waals surface area contributed by atoms with Crippen LogP contribution in [0.5, 0.6) is 0 Å². The first-order valence-corrected chi connectivity index (χ1v) is 16.1. The Kier molecular flexibility index (Phi) is 12.0. The number of amides is 2. The smallest absolute Gasteiger partial charge is 0.224 e. The van der Waals surface area contributed by atoms with Crippen molar-refractivity contribution in [1.82, 2.24) is 25.4 Å². The molecule has 2 atom stereocenters. The second-order valence-electron chi connectivity index (χ2n) is 11.6. The normalized spacial score (nSPS) is 15.6. The highest BCUT2D eigenvalue weighted by Gasteiger charge is 2.27. The van der Waals surface area contributed by atoms with Gasteiger partial charge in [0.1, 0.15) is 0 Å². The number of piperazine rings is 1. The molecule has 9 heteroatoms. The number of hydrogen-bond donors (Lipinski definition) is 2. The van der Waals surface area contributed by atoms with Crippen LogP contribution in [0.1, 0.15) is 42.3 Å². The summed E-state index contributed by atoms with van der Waals surface area (Å²) in [4.78, 5) is 48.6. The molecule has 2 amide bonds. The topological polar surface area (TPSA) is 94.6 Å². The average Bonchev–Trinajstić information content (AvgIpc) is 3.42. The molecule has 2 N–H and O–H groups in total. The third-order valence-corrected chi connectivity index (χ3v) is 9.24. The van der Waals surface area contributed by atoms with Crippen LogP contribution in [-0.4, -0.2) is 85.2 Å². The van der Waals surface area contributed by atoms with Gasteiger partial charge in [-0.25, -0.2) is 4.98 Å². The SMILES string of the molecule is C=C(CN1CCN(C)CC1)C(=O)CC[C@H](Cc1ccccc1)NC(=O)[C@@H](CC(=O)NC)Cc1nc2ccc(CC)cc2s1. The van der Waals surface area contributed by atoms with Gasteiger partial charge in [-0.3, -0.25) is 19.3 Å². The van der Waals surface area contributed by atoms with Gasteiger partial charge in [0.25, 0.3) is 0 Å². The fourth-order valence-corrected chi connectivity index (χ4v) is 6.52. The third-order valence-electron chi connectivity index (χ3n) is 8.20. The highest BCUT2D eigenvalue weighted by molar-refractivity contribution is 7.18. The number of benzene rings is 2. The second kappa shape index (κ2) is 15.9. The number of likely N-dealkylation sites (N-methyl/N-ethyl adjacent to an activating group) is 1. The molecule has 230 valence electrons. The van der Waals surface area contributed by atoms with E-state index in [2.05, 4.69) is 53.1 Å². The van der Waals surface area contributed by atoms with E-state index < -0.39 is 5.92 Å². The van der Waals surface area contributed by atoms with Crippen molar-refractivity contribution < 1.29 is 14.4 Å². The summed E-state index contributed by atoms with van der Waals surface area (Å²) >= 11 is 1.58. The van der Waals surface area contributed by atoms with Gasteiger partial charge >= 0.3 is 0 Å². The first kappa shape index (κ1) is 32.5. The molecule has 43 heavy (non-hydrogen) atoms. The third kappa shape index (κ3) is 9.81. The Balaban J connectivity index is 1.44. The van der Waals surface area contributed by atoms with E-state index in [4.69, 9.17) is 4.98 Å². The van der Waals surface area contributed by atoms with Crippen LogP contribution in [0.25, 0.3) is 10.2 Å². The molecule has 8 nitrogen and oxygen atoms in total. The Bertz CT molecular complexity index is 1400. The summed E-state index contributed by atoms with van der Waals surface area (Å²) in [5.41, 5.74) is 3.85. The Hall–Kier alpha value is -3.40. The number of nitrogens with zero attached hydrogens (tertiary/aromatic N) is 3. The molecule has 1 fully saturated rings. The fourth-order valence-electron chi connectivity index (χ4n) is 5.41. The zero-order chi connectivity index (χ0) is 30.8. The number of rotatable bonds is 15. The van der Waals surface area contributed by atoms with E-state index in [1.807, 2.05) is 36.4 Å². The van der Waals surface area contributed by atoms with Gasteiger partial charge in [0.05, 0.1) is 21.1 Å². The van der Waals surface area contributed by atoms with Crippen LogP contribution in [-0.2, 0) is 33.6 Å². The summed E-state index contributed by atoms with van der Waals surface area (Å²) < 4.78 is 1.09. The number of aromatic nitrogens is 1. The lowest BCUT2D eigenvalue weighted by molar-refractivity contribution is -0.130. The second-order valence-corrected chi connectivity index (χ2v) is 12.7. The summed E-state index contributed by atoms with van der Waals surface area (Å²) in [7, 11) is 3.69. The van der Waals surface area contributed by atoms with Gasteiger partial charge in [-0.05, 0) is 49.6 Å². The lowest BCUT2D eigenvalue weighted by atomic mass is 9.95. The maximum Gasteiger partial charge on any atom is 0.224 e. The number of ketones is 1. The lowest BCUT2D eigenvalue weighted by Gasteiger charge is -2.32. The number of carbonyl (C=O) groups is 3. The van der Waals surface area contributed by atoms with Crippen molar-refractivity contribution in [2.24, 2.45) is 5.92 Å². The van der Waals surface area contributed by atoms with Crippen molar-refractivity contribution in [3.8, 4) is 0 Å². The molecule has 0 spiro atoms. The van der Waals surface area contributed by atoms with Crippen LogP contribution in [0.4, 0.5) is 0 Å². The number of aryl methyl sites for hydroxylation is 1. The van der Waals surface area contributed by atoms with Gasteiger partial charge in [-0.1, -0.05) is 49.9 Å². The predicted octanol–water partition coefficient (Wildman–Crippen LogP) is 4.03. The van der Waals surface area contributed by atoms with Gasteiger partial charge in [0, 0.05) is 70.6 Å². The summed E-state index contributed by atoms with van der Waals surface area (Å²) in [6, 6.07) is 16.0. The minimum absolute atomic E-state index is 0.0362. The van der Waals surface area contributed by atoms with Crippen LogP contribution in [0.15, 0.2) is 60.7 Å².